The molecule has 0 bridgehead atoms. The first-order valence-corrected chi connectivity index (χ1v) is 10.5. The van der Waals surface area contributed by atoms with Crippen LogP contribution in [0.4, 0.5) is 0 Å². The third-order valence-corrected chi connectivity index (χ3v) is 5.87. The Kier molecular flexibility index (Phi) is 7.25. The van der Waals surface area contributed by atoms with E-state index in [0.717, 1.165) is 31.2 Å². The van der Waals surface area contributed by atoms with Crippen molar-refractivity contribution in [1.29, 1.82) is 0 Å². The van der Waals surface area contributed by atoms with Gasteiger partial charge in [0.1, 0.15) is 6.04 Å². The summed E-state index contributed by atoms with van der Waals surface area (Å²) in [4.78, 5) is 43.9. The molecule has 7 heteroatoms. The van der Waals surface area contributed by atoms with E-state index in [2.05, 4.69) is 6.92 Å². The van der Waals surface area contributed by atoms with E-state index in [9.17, 15) is 14.4 Å². The Morgan fingerprint density at radius 1 is 1.07 bits per heavy atom. The summed E-state index contributed by atoms with van der Waals surface area (Å²) in [5.74, 6) is -1.20. The molecule has 1 atom stereocenters. The van der Waals surface area contributed by atoms with Gasteiger partial charge in [-0.2, -0.15) is 0 Å². The number of carbonyl (C=O) groups excluding carboxylic acids is 3. The fourth-order valence-electron chi connectivity index (χ4n) is 4.07. The quantitative estimate of drug-likeness (QED) is 0.654. The van der Waals surface area contributed by atoms with E-state index in [1.54, 1.807) is 16.9 Å². The number of hydrogen-bond donors (Lipinski definition) is 0. The van der Waals surface area contributed by atoms with Crippen molar-refractivity contribution in [2.75, 3.05) is 39.8 Å². The number of likely N-dealkylation sites (tertiary alicyclic amines) is 1. The lowest BCUT2D eigenvalue weighted by atomic mass is 10.00. The number of ether oxygens (including phenoxy) is 1. The number of unbranched alkanes of at least 4 members (excludes halogenated alkanes) is 1. The predicted octanol–water partition coefficient (Wildman–Crippen LogP) is 1.84. The van der Waals surface area contributed by atoms with Gasteiger partial charge in [0.15, 0.2) is 0 Å². The molecule has 2 heterocycles. The van der Waals surface area contributed by atoms with Crippen LogP contribution in [0.1, 0.15) is 44.2 Å². The first-order chi connectivity index (χ1) is 14.1. The lowest BCUT2D eigenvalue weighted by Crippen LogP contribution is -2.58. The van der Waals surface area contributed by atoms with Crippen LogP contribution < -0.4 is 0 Å². The van der Waals surface area contributed by atoms with Crippen molar-refractivity contribution in [3.63, 3.8) is 0 Å². The Balaban J connectivity index is 1.81. The van der Waals surface area contributed by atoms with Crippen molar-refractivity contribution >= 4 is 17.7 Å². The van der Waals surface area contributed by atoms with Crippen LogP contribution in [0.15, 0.2) is 30.3 Å². The first-order valence-electron chi connectivity index (χ1n) is 10.5. The van der Waals surface area contributed by atoms with Crippen LogP contribution in [-0.4, -0.2) is 78.4 Å². The van der Waals surface area contributed by atoms with Crippen molar-refractivity contribution < 1.29 is 19.1 Å². The first kappa shape index (κ1) is 21.3. The molecule has 29 heavy (non-hydrogen) atoms. The SMILES string of the molecule is CCCCN1CCN([C@H](C(=O)N2CCC(OC)CC2)c2ccccc2)C(=O)C1=O. The number of rotatable bonds is 7. The monoisotopic (exact) mass is 401 g/mol. The van der Waals surface area contributed by atoms with Gasteiger partial charge in [-0.05, 0) is 24.8 Å². The van der Waals surface area contributed by atoms with E-state index in [0.29, 0.717) is 32.7 Å². The number of amides is 3. The van der Waals surface area contributed by atoms with Crippen LogP contribution in [-0.2, 0) is 19.1 Å². The number of nitrogens with zero attached hydrogens (tertiary/aromatic N) is 3. The highest BCUT2D eigenvalue weighted by Crippen LogP contribution is 2.27. The van der Waals surface area contributed by atoms with Crippen molar-refractivity contribution in [1.82, 2.24) is 14.7 Å². The van der Waals surface area contributed by atoms with Crippen molar-refractivity contribution in [3.8, 4) is 0 Å². The second-order valence-electron chi connectivity index (χ2n) is 7.72. The van der Waals surface area contributed by atoms with Gasteiger partial charge in [0.2, 0.25) is 5.91 Å². The topological polar surface area (TPSA) is 70.2 Å². The maximum Gasteiger partial charge on any atom is 0.313 e. The third-order valence-electron chi connectivity index (χ3n) is 5.87. The minimum absolute atomic E-state index is 0.117. The highest BCUT2D eigenvalue weighted by Gasteiger charge is 2.41. The van der Waals surface area contributed by atoms with E-state index < -0.39 is 17.9 Å². The van der Waals surface area contributed by atoms with Crippen LogP contribution in [0.3, 0.4) is 0 Å². The molecule has 0 aromatic heterocycles. The molecule has 7 nitrogen and oxygen atoms in total. The normalized spacial score (nSPS) is 19.6. The zero-order valence-corrected chi connectivity index (χ0v) is 17.4. The highest BCUT2D eigenvalue weighted by atomic mass is 16.5. The summed E-state index contributed by atoms with van der Waals surface area (Å²) in [6.07, 6.45) is 3.56. The average molecular weight is 402 g/mol. The van der Waals surface area contributed by atoms with E-state index in [4.69, 9.17) is 4.74 Å². The Bertz CT molecular complexity index is 716. The standard InChI is InChI=1S/C22H31N3O4/c1-3-4-12-23-15-16-25(22(28)21(23)27)19(17-8-6-5-7-9-17)20(26)24-13-10-18(29-2)11-14-24/h5-9,18-19H,3-4,10-16H2,1-2H3/t19-/m0/s1. The molecule has 0 aliphatic carbocycles. The van der Waals surface area contributed by atoms with E-state index in [1.165, 1.54) is 4.90 Å². The van der Waals surface area contributed by atoms with Gasteiger partial charge < -0.3 is 19.4 Å². The van der Waals surface area contributed by atoms with Crippen LogP contribution >= 0.6 is 0 Å². The molecule has 2 saturated heterocycles. The predicted molar refractivity (Wildman–Crippen MR) is 109 cm³/mol. The Labute approximate surface area is 172 Å². The van der Waals surface area contributed by atoms with Crippen LogP contribution in [0.2, 0.25) is 0 Å². The number of methoxy groups -OCH3 is 1. The summed E-state index contributed by atoms with van der Waals surface area (Å²) in [6, 6.07) is 8.54. The van der Waals surface area contributed by atoms with Crippen molar-refractivity contribution in [2.24, 2.45) is 0 Å². The molecule has 0 N–H and O–H groups in total. The second-order valence-corrected chi connectivity index (χ2v) is 7.72. The van der Waals surface area contributed by atoms with E-state index in [1.807, 2.05) is 30.3 Å². The van der Waals surface area contributed by atoms with Gasteiger partial charge in [-0.3, -0.25) is 14.4 Å². The molecule has 0 saturated carbocycles. The van der Waals surface area contributed by atoms with Gasteiger partial charge in [-0.25, -0.2) is 0 Å². The summed E-state index contributed by atoms with van der Waals surface area (Å²) < 4.78 is 5.40. The molecule has 0 unspecified atom stereocenters. The number of piperidine rings is 1. The van der Waals surface area contributed by atoms with Gasteiger partial charge in [-0.15, -0.1) is 0 Å². The number of hydrogen-bond acceptors (Lipinski definition) is 4. The fraction of sp³-hybridized carbons (Fsp3) is 0.591. The van der Waals surface area contributed by atoms with Crippen LogP contribution in [0.5, 0.6) is 0 Å². The molecule has 1 aromatic carbocycles. The van der Waals surface area contributed by atoms with Gasteiger partial charge in [0.25, 0.3) is 0 Å². The van der Waals surface area contributed by atoms with Crippen LogP contribution in [0, 0.1) is 0 Å². The molecular weight excluding hydrogens is 370 g/mol. The summed E-state index contributed by atoms with van der Waals surface area (Å²) in [7, 11) is 1.69. The summed E-state index contributed by atoms with van der Waals surface area (Å²) in [5, 5.41) is 0. The lowest BCUT2D eigenvalue weighted by molar-refractivity contribution is -0.161. The molecule has 158 valence electrons. The highest BCUT2D eigenvalue weighted by molar-refractivity contribution is 6.35. The number of benzene rings is 1. The van der Waals surface area contributed by atoms with Crippen molar-refractivity contribution in [3.05, 3.63) is 35.9 Å². The summed E-state index contributed by atoms with van der Waals surface area (Å²) in [6.45, 7) is 4.67. The molecule has 3 amide bonds. The Hall–Kier alpha value is -2.41. The van der Waals surface area contributed by atoms with E-state index >= 15 is 0 Å². The zero-order chi connectivity index (χ0) is 20.8. The fourth-order valence-corrected chi connectivity index (χ4v) is 4.07. The van der Waals surface area contributed by atoms with Gasteiger partial charge in [0, 0.05) is 39.8 Å². The van der Waals surface area contributed by atoms with Gasteiger partial charge in [0.05, 0.1) is 6.10 Å². The molecule has 2 fully saturated rings. The minimum atomic E-state index is -0.764. The molecule has 3 rings (SSSR count). The molecule has 0 spiro atoms. The third kappa shape index (κ3) is 4.78. The summed E-state index contributed by atoms with van der Waals surface area (Å²) >= 11 is 0. The van der Waals surface area contributed by atoms with Gasteiger partial charge >= 0.3 is 11.8 Å². The maximum atomic E-state index is 13.5. The molecule has 2 aliphatic rings. The van der Waals surface area contributed by atoms with Crippen molar-refractivity contribution in [2.45, 2.75) is 44.8 Å². The van der Waals surface area contributed by atoms with Gasteiger partial charge in [-0.1, -0.05) is 43.7 Å². The molecular formula is C22H31N3O4. The Morgan fingerprint density at radius 3 is 2.38 bits per heavy atom. The Morgan fingerprint density at radius 2 is 1.76 bits per heavy atom. The number of piperazine rings is 1. The molecule has 1 aromatic rings. The minimum Gasteiger partial charge on any atom is -0.381 e. The second kappa shape index (κ2) is 9.87. The largest absolute Gasteiger partial charge is 0.381 e. The average Bonchev–Trinajstić information content (AvgIpc) is 2.77. The summed E-state index contributed by atoms with van der Waals surface area (Å²) in [5.41, 5.74) is 0.745. The lowest BCUT2D eigenvalue weighted by Gasteiger charge is -2.41. The smallest absolute Gasteiger partial charge is 0.313 e. The van der Waals surface area contributed by atoms with Crippen LogP contribution in [0.25, 0.3) is 0 Å². The zero-order valence-electron chi connectivity index (χ0n) is 17.4. The number of carbonyl (C=O) groups is 3. The van der Waals surface area contributed by atoms with E-state index in [-0.39, 0.29) is 12.0 Å². The maximum absolute atomic E-state index is 13.5. The molecule has 0 radical (unpaired) electrons. The molecule has 2 aliphatic heterocycles.